The van der Waals surface area contributed by atoms with E-state index in [-0.39, 0.29) is 35.5 Å². The largest absolute Gasteiger partial charge is 0.329 e. The summed E-state index contributed by atoms with van der Waals surface area (Å²) in [5.74, 6) is 0.152. The van der Waals surface area contributed by atoms with E-state index in [1.165, 1.54) is 24.3 Å². The Hall–Kier alpha value is -1.22. The van der Waals surface area contributed by atoms with E-state index in [1.807, 2.05) is 6.92 Å². The van der Waals surface area contributed by atoms with Crippen molar-refractivity contribution in [3.8, 4) is 0 Å². The number of benzene rings is 1. The van der Waals surface area contributed by atoms with Gasteiger partial charge in [0, 0.05) is 24.2 Å². The first-order valence-electron chi connectivity index (χ1n) is 7.29. The van der Waals surface area contributed by atoms with Crippen LogP contribution in [0.2, 0.25) is 0 Å². The molecule has 2 atom stereocenters. The number of nitrogens with zero attached hydrogens (tertiary/aromatic N) is 1. The van der Waals surface area contributed by atoms with Gasteiger partial charge in [0.05, 0.1) is 9.82 Å². The first-order chi connectivity index (χ1) is 10.3. The summed E-state index contributed by atoms with van der Waals surface area (Å²) < 4.78 is 27.9. The highest BCUT2D eigenvalue weighted by Crippen LogP contribution is 2.34. The van der Waals surface area contributed by atoms with Gasteiger partial charge in [-0.05, 0) is 30.9 Å². The van der Waals surface area contributed by atoms with Gasteiger partial charge in [-0.1, -0.05) is 19.8 Å². The molecule has 0 amide bonds. The van der Waals surface area contributed by atoms with Crippen LogP contribution in [0, 0.1) is 16.0 Å². The smallest absolute Gasteiger partial charge is 0.269 e. The maximum atomic E-state index is 12.6. The van der Waals surface area contributed by atoms with Crippen molar-refractivity contribution in [1.82, 2.24) is 4.72 Å². The van der Waals surface area contributed by atoms with Crippen LogP contribution in [-0.2, 0) is 10.0 Å². The lowest BCUT2D eigenvalue weighted by Crippen LogP contribution is -2.58. The molecule has 7 nitrogen and oxygen atoms in total. The van der Waals surface area contributed by atoms with E-state index in [1.54, 1.807) is 0 Å². The van der Waals surface area contributed by atoms with Gasteiger partial charge in [0.1, 0.15) is 0 Å². The second-order valence-electron chi connectivity index (χ2n) is 5.86. The lowest BCUT2D eigenvalue weighted by Gasteiger charge is -2.42. The van der Waals surface area contributed by atoms with Crippen molar-refractivity contribution in [2.45, 2.75) is 43.0 Å². The second-order valence-corrected chi connectivity index (χ2v) is 7.55. The van der Waals surface area contributed by atoms with Crippen LogP contribution in [0.5, 0.6) is 0 Å². The lowest BCUT2D eigenvalue weighted by atomic mass is 9.74. The number of nitro groups is 1. The van der Waals surface area contributed by atoms with Crippen LogP contribution in [-0.4, -0.2) is 25.4 Å². The maximum Gasteiger partial charge on any atom is 0.269 e. The van der Waals surface area contributed by atoms with Crippen LogP contribution in [0.4, 0.5) is 5.69 Å². The Bertz CT molecular complexity index is 650. The normalized spacial score (nSPS) is 24.7. The number of nitro benzene ring substituents is 1. The Morgan fingerprint density at radius 3 is 2.43 bits per heavy atom. The minimum atomic E-state index is -3.76. The number of hydrogen-bond acceptors (Lipinski definition) is 5. The summed E-state index contributed by atoms with van der Waals surface area (Å²) in [6.45, 7) is 2.24. The van der Waals surface area contributed by atoms with Gasteiger partial charge in [-0.3, -0.25) is 10.1 Å². The first-order valence-corrected chi connectivity index (χ1v) is 8.77. The molecule has 0 heterocycles. The third-order valence-corrected chi connectivity index (χ3v) is 6.08. The molecule has 0 aliphatic heterocycles. The summed E-state index contributed by atoms with van der Waals surface area (Å²) in [5.41, 5.74) is 5.08. The molecular formula is C14H22ClN3O4S. The molecular weight excluding hydrogens is 342 g/mol. The zero-order chi connectivity index (χ0) is 16.4. The third-order valence-electron chi connectivity index (χ3n) is 4.51. The monoisotopic (exact) mass is 363 g/mol. The van der Waals surface area contributed by atoms with Crippen molar-refractivity contribution >= 4 is 28.1 Å². The molecule has 1 aromatic carbocycles. The molecule has 2 unspecified atom stereocenters. The van der Waals surface area contributed by atoms with Crippen molar-refractivity contribution in [2.24, 2.45) is 11.7 Å². The predicted molar refractivity (Wildman–Crippen MR) is 90.1 cm³/mol. The van der Waals surface area contributed by atoms with E-state index < -0.39 is 20.5 Å². The minimum Gasteiger partial charge on any atom is -0.329 e. The number of rotatable bonds is 5. The van der Waals surface area contributed by atoms with E-state index >= 15 is 0 Å². The molecule has 1 aromatic rings. The molecule has 9 heteroatoms. The molecule has 3 N–H and O–H groups in total. The highest BCUT2D eigenvalue weighted by atomic mass is 35.5. The van der Waals surface area contributed by atoms with Crippen LogP contribution in [0.25, 0.3) is 0 Å². The van der Waals surface area contributed by atoms with Gasteiger partial charge in [-0.15, -0.1) is 12.4 Å². The molecule has 0 aromatic heterocycles. The van der Waals surface area contributed by atoms with Crippen molar-refractivity contribution in [1.29, 1.82) is 0 Å². The van der Waals surface area contributed by atoms with Gasteiger partial charge in [-0.25, -0.2) is 13.1 Å². The van der Waals surface area contributed by atoms with Gasteiger partial charge < -0.3 is 5.73 Å². The molecule has 1 aliphatic carbocycles. The molecule has 0 spiro atoms. The Kier molecular flexibility index (Phi) is 6.52. The summed E-state index contributed by atoms with van der Waals surface area (Å²) in [7, 11) is -3.76. The number of halogens is 1. The summed E-state index contributed by atoms with van der Waals surface area (Å²) in [5, 5.41) is 10.6. The lowest BCUT2D eigenvalue weighted by molar-refractivity contribution is -0.384. The quantitative estimate of drug-likeness (QED) is 0.614. The van der Waals surface area contributed by atoms with Gasteiger partial charge in [0.15, 0.2) is 0 Å². The maximum absolute atomic E-state index is 12.6. The van der Waals surface area contributed by atoms with Crippen LogP contribution in [0.3, 0.4) is 0 Å². The van der Waals surface area contributed by atoms with Gasteiger partial charge >= 0.3 is 0 Å². The van der Waals surface area contributed by atoms with Crippen LogP contribution >= 0.6 is 12.4 Å². The van der Waals surface area contributed by atoms with Crippen LogP contribution in [0.1, 0.15) is 32.6 Å². The molecule has 0 bridgehead atoms. The fraction of sp³-hybridized carbons (Fsp3) is 0.571. The van der Waals surface area contributed by atoms with Gasteiger partial charge in [0.2, 0.25) is 10.0 Å². The number of non-ortho nitro benzene ring substituents is 1. The Balaban J connectivity index is 0.00000264. The van der Waals surface area contributed by atoms with Crippen molar-refractivity contribution < 1.29 is 13.3 Å². The Labute approximate surface area is 142 Å². The van der Waals surface area contributed by atoms with E-state index in [9.17, 15) is 18.5 Å². The molecule has 1 saturated carbocycles. The third kappa shape index (κ3) is 4.20. The molecule has 2 rings (SSSR count). The Morgan fingerprint density at radius 1 is 1.35 bits per heavy atom. The average Bonchev–Trinajstić information content (AvgIpc) is 2.49. The van der Waals surface area contributed by atoms with Crippen LogP contribution < -0.4 is 10.5 Å². The predicted octanol–water partition coefficient (Wildman–Crippen LogP) is 2.20. The standard InChI is InChI=1S/C14H21N3O4S.ClH/c1-11-4-2-3-9-14(11,10-15)16-22(20,21)13-7-5-12(6-8-13)17(18)19;/h5-8,11,16H,2-4,9-10,15H2,1H3;1H. The Morgan fingerprint density at radius 2 is 1.96 bits per heavy atom. The highest BCUT2D eigenvalue weighted by Gasteiger charge is 2.40. The number of nitrogens with one attached hydrogen (secondary N) is 1. The first kappa shape index (κ1) is 19.8. The number of hydrogen-bond donors (Lipinski definition) is 2. The van der Waals surface area contributed by atoms with E-state index in [0.29, 0.717) is 6.42 Å². The van der Waals surface area contributed by atoms with Crippen LogP contribution in [0.15, 0.2) is 29.2 Å². The molecule has 0 radical (unpaired) electrons. The van der Waals surface area contributed by atoms with E-state index in [0.717, 1.165) is 19.3 Å². The molecule has 1 fully saturated rings. The van der Waals surface area contributed by atoms with Crippen molar-refractivity contribution in [3.05, 3.63) is 34.4 Å². The van der Waals surface area contributed by atoms with Gasteiger partial charge in [0.25, 0.3) is 5.69 Å². The number of nitrogens with two attached hydrogens (primary N) is 1. The summed E-state index contributed by atoms with van der Waals surface area (Å²) in [6, 6.07) is 4.87. The summed E-state index contributed by atoms with van der Waals surface area (Å²) in [6.07, 6.45) is 3.64. The highest BCUT2D eigenvalue weighted by molar-refractivity contribution is 7.89. The average molecular weight is 364 g/mol. The molecule has 1 aliphatic rings. The fourth-order valence-electron chi connectivity index (χ4n) is 2.98. The van der Waals surface area contributed by atoms with E-state index in [2.05, 4.69) is 4.72 Å². The van der Waals surface area contributed by atoms with Crippen molar-refractivity contribution in [3.63, 3.8) is 0 Å². The summed E-state index contributed by atoms with van der Waals surface area (Å²) in [4.78, 5) is 10.1. The second kappa shape index (κ2) is 7.57. The van der Waals surface area contributed by atoms with Crippen molar-refractivity contribution in [2.75, 3.05) is 6.54 Å². The molecule has 130 valence electrons. The minimum absolute atomic E-state index is 0. The van der Waals surface area contributed by atoms with E-state index in [4.69, 9.17) is 5.73 Å². The topological polar surface area (TPSA) is 115 Å². The SMILES string of the molecule is CC1CCCCC1(CN)NS(=O)(=O)c1ccc([N+](=O)[O-])cc1.Cl. The van der Waals surface area contributed by atoms with Gasteiger partial charge in [-0.2, -0.15) is 0 Å². The zero-order valence-electron chi connectivity index (χ0n) is 12.9. The summed E-state index contributed by atoms with van der Waals surface area (Å²) >= 11 is 0. The number of sulfonamides is 1. The molecule has 23 heavy (non-hydrogen) atoms. The fourth-order valence-corrected chi connectivity index (χ4v) is 4.52. The zero-order valence-corrected chi connectivity index (χ0v) is 14.5. The molecule has 0 saturated heterocycles.